The Kier molecular flexibility index (Phi) is 11.1. The fourth-order valence-corrected chi connectivity index (χ4v) is 4.56. The first-order valence-corrected chi connectivity index (χ1v) is 14.0. The molecule has 0 spiro atoms. The summed E-state index contributed by atoms with van der Waals surface area (Å²) in [7, 11) is 1.54. The van der Waals surface area contributed by atoms with Gasteiger partial charge in [-0.05, 0) is 68.7 Å². The predicted molar refractivity (Wildman–Crippen MR) is 172 cm³/mol. The Morgan fingerprint density at radius 2 is 1.68 bits per heavy atom. The lowest BCUT2D eigenvalue weighted by atomic mass is 10.1. The van der Waals surface area contributed by atoms with Crippen LogP contribution in [0.15, 0.2) is 71.7 Å². The normalized spacial score (nSPS) is 10.5. The molecule has 4 aromatic rings. The largest absolute Gasteiger partial charge is 0.497 e. The smallest absolute Gasteiger partial charge is 0.261 e. The van der Waals surface area contributed by atoms with E-state index >= 15 is 0 Å². The molecule has 4 N–H and O–H groups in total. The molecular formula is C33H44N4O4. The fraction of sp³-hybridized carbons (Fsp3) is 0.303. The first kappa shape index (κ1) is 30.9. The maximum absolute atomic E-state index is 13.4. The number of nitrogens with two attached hydrogens (primary N) is 1. The number of hydrogen-bond acceptors (Lipinski definition) is 5. The maximum atomic E-state index is 13.4. The summed E-state index contributed by atoms with van der Waals surface area (Å²) in [4.78, 5) is 38.9. The molecule has 0 aliphatic rings. The van der Waals surface area contributed by atoms with E-state index in [1.807, 2.05) is 68.7 Å². The van der Waals surface area contributed by atoms with Gasteiger partial charge in [0.25, 0.3) is 5.91 Å². The highest BCUT2D eigenvalue weighted by molar-refractivity contribution is 6.06. The molecule has 2 amide bonds. The Balaban J connectivity index is 0.00000226. The van der Waals surface area contributed by atoms with Crippen LogP contribution >= 0.6 is 0 Å². The Bertz CT molecular complexity index is 1590. The number of para-hydroxylation sites is 2. The summed E-state index contributed by atoms with van der Waals surface area (Å²) in [6.07, 6.45) is 4.26. The van der Waals surface area contributed by atoms with Crippen molar-refractivity contribution >= 4 is 39.8 Å². The van der Waals surface area contributed by atoms with Crippen molar-refractivity contribution in [2.24, 2.45) is 0 Å². The van der Waals surface area contributed by atoms with Gasteiger partial charge in [-0.2, -0.15) is 0 Å². The number of aryl methyl sites for hydroxylation is 3. The molecule has 3 aromatic carbocycles. The van der Waals surface area contributed by atoms with E-state index in [1.165, 1.54) is 0 Å². The molecule has 0 radical (unpaired) electrons. The summed E-state index contributed by atoms with van der Waals surface area (Å²) in [6.45, 7) is 8.49. The highest BCUT2D eigenvalue weighted by Gasteiger charge is 2.17. The van der Waals surface area contributed by atoms with Gasteiger partial charge in [-0.3, -0.25) is 14.4 Å². The van der Waals surface area contributed by atoms with Gasteiger partial charge in [-0.15, -0.1) is 0 Å². The second-order valence-electron chi connectivity index (χ2n) is 9.67. The molecule has 0 aliphatic carbocycles. The van der Waals surface area contributed by atoms with E-state index in [-0.39, 0.29) is 19.8 Å². The molecular weight excluding hydrogens is 516 g/mol. The third kappa shape index (κ3) is 7.97. The molecule has 0 unspecified atom stereocenters. The van der Waals surface area contributed by atoms with Crippen molar-refractivity contribution in [1.82, 2.24) is 4.57 Å². The van der Waals surface area contributed by atoms with Crippen LogP contribution in [0.4, 0.5) is 17.1 Å². The quantitative estimate of drug-likeness (QED) is 0.140. The zero-order valence-corrected chi connectivity index (χ0v) is 24.5. The third-order valence-electron chi connectivity index (χ3n) is 6.70. The van der Waals surface area contributed by atoms with Crippen LogP contribution in [0.25, 0.3) is 10.9 Å². The zero-order valence-electron chi connectivity index (χ0n) is 24.5. The minimum Gasteiger partial charge on any atom is -0.497 e. The van der Waals surface area contributed by atoms with Crippen molar-refractivity contribution in [2.45, 2.75) is 59.9 Å². The van der Waals surface area contributed by atoms with Crippen molar-refractivity contribution in [2.75, 3.05) is 23.5 Å². The number of pyridine rings is 1. The molecule has 0 saturated carbocycles. The predicted octanol–water partition coefficient (Wildman–Crippen LogP) is 7.18. The van der Waals surface area contributed by atoms with Crippen LogP contribution in [0.2, 0.25) is 0 Å². The van der Waals surface area contributed by atoms with Crippen LogP contribution in [0.1, 0.15) is 63.9 Å². The van der Waals surface area contributed by atoms with E-state index in [0.29, 0.717) is 47.6 Å². The SMILES string of the molecule is CC.COc1ccc2c(c1)c(=O)c(C(=O)Nc1ccc(C)cc1C)cn2CCCCCC(=O)Nc1ccccc1N.[HH].[HH]. The van der Waals surface area contributed by atoms with Gasteiger partial charge < -0.3 is 25.7 Å². The average Bonchev–Trinajstić information content (AvgIpc) is 2.97. The van der Waals surface area contributed by atoms with Gasteiger partial charge in [0.15, 0.2) is 0 Å². The molecule has 0 aliphatic heterocycles. The number of carbonyl (C=O) groups is 2. The van der Waals surface area contributed by atoms with E-state index in [9.17, 15) is 14.4 Å². The Morgan fingerprint density at radius 3 is 2.39 bits per heavy atom. The Hall–Kier alpha value is -4.59. The highest BCUT2D eigenvalue weighted by atomic mass is 16.5. The summed E-state index contributed by atoms with van der Waals surface area (Å²) in [5, 5.41) is 6.16. The molecule has 1 aromatic heterocycles. The van der Waals surface area contributed by atoms with Gasteiger partial charge >= 0.3 is 0 Å². The van der Waals surface area contributed by atoms with Gasteiger partial charge in [0.2, 0.25) is 11.3 Å². The molecule has 8 nitrogen and oxygen atoms in total. The summed E-state index contributed by atoms with van der Waals surface area (Å²) >= 11 is 0. The minimum atomic E-state index is -0.456. The molecule has 220 valence electrons. The number of fused-ring (bicyclic) bond motifs is 1. The van der Waals surface area contributed by atoms with Crippen LogP contribution in [-0.2, 0) is 11.3 Å². The van der Waals surface area contributed by atoms with Gasteiger partial charge in [-0.25, -0.2) is 0 Å². The van der Waals surface area contributed by atoms with E-state index in [0.717, 1.165) is 29.5 Å². The summed E-state index contributed by atoms with van der Waals surface area (Å²) in [6, 6.07) is 18.2. The van der Waals surface area contributed by atoms with Gasteiger partial charge in [0.05, 0.1) is 29.4 Å². The second kappa shape index (κ2) is 14.7. The summed E-state index contributed by atoms with van der Waals surface area (Å²) in [5.74, 6) is 0.00425. The number of methoxy groups -OCH3 is 1. The number of aromatic nitrogens is 1. The summed E-state index contributed by atoms with van der Waals surface area (Å²) < 4.78 is 7.26. The molecule has 8 heteroatoms. The second-order valence-corrected chi connectivity index (χ2v) is 9.67. The van der Waals surface area contributed by atoms with Crippen LogP contribution in [0.5, 0.6) is 5.75 Å². The lowest BCUT2D eigenvalue weighted by Crippen LogP contribution is -2.24. The monoisotopic (exact) mass is 560 g/mol. The highest BCUT2D eigenvalue weighted by Crippen LogP contribution is 2.22. The number of ether oxygens (including phenoxy) is 1. The molecule has 4 rings (SSSR count). The molecule has 0 bridgehead atoms. The van der Waals surface area contributed by atoms with Crippen LogP contribution in [0.3, 0.4) is 0 Å². The lowest BCUT2D eigenvalue weighted by Gasteiger charge is -2.15. The first-order valence-electron chi connectivity index (χ1n) is 14.0. The van der Waals surface area contributed by atoms with Gasteiger partial charge in [0.1, 0.15) is 11.3 Å². The summed E-state index contributed by atoms with van der Waals surface area (Å²) in [5.41, 5.74) is 10.2. The molecule has 41 heavy (non-hydrogen) atoms. The number of nitrogens with one attached hydrogen (secondary N) is 2. The van der Waals surface area contributed by atoms with Crippen LogP contribution in [-0.4, -0.2) is 23.5 Å². The van der Waals surface area contributed by atoms with E-state index < -0.39 is 5.91 Å². The standard InChI is InChI=1S/C31H34N4O4.C2H6.2H2/c1-20-12-14-26(21(2)17-20)34-31(38)24-19-35(28-15-13-22(39-3)18-23(28)30(24)37)16-8-4-5-11-29(36)33-27-10-7-6-9-25(27)32;1-2;;/h6-7,9-10,12-15,17-19H,4-5,8,11,16,32H2,1-3H3,(H,33,36)(H,34,38);1-2H3;2*1H. The molecule has 1 heterocycles. The van der Waals surface area contributed by atoms with Crippen molar-refractivity contribution in [1.29, 1.82) is 0 Å². The topological polar surface area (TPSA) is 115 Å². The van der Waals surface area contributed by atoms with Crippen molar-refractivity contribution in [3.05, 3.63) is 93.8 Å². The number of anilines is 3. The number of amides is 2. The fourth-order valence-electron chi connectivity index (χ4n) is 4.56. The molecule has 0 atom stereocenters. The van der Waals surface area contributed by atoms with Crippen molar-refractivity contribution < 1.29 is 17.2 Å². The third-order valence-corrected chi connectivity index (χ3v) is 6.70. The van der Waals surface area contributed by atoms with E-state index in [1.54, 1.807) is 37.6 Å². The lowest BCUT2D eigenvalue weighted by molar-refractivity contribution is -0.116. The minimum absolute atomic E-state index is 0. The average molecular weight is 561 g/mol. The van der Waals surface area contributed by atoms with Crippen molar-refractivity contribution in [3.8, 4) is 5.75 Å². The number of unbranched alkanes of at least 4 members (excludes halogenated alkanes) is 2. The molecule has 0 saturated heterocycles. The van der Waals surface area contributed by atoms with E-state index in [4.69, 9.17) is 10.5 Å². The number of carbonyl (C=O) groups excluding carboxylic acids is 2. The Labute approximate surface area is 244 Å². The zero-order chi connectivity index (χ0) is 29.9. The van der Waals surface area contributed by atoms with E-state index in [2.05, 4.69) is 10.6 Å². The van der Waals surface area contributed by atoms with Crippen LogP contribution < -0.4 is 26.5 Å². The number of benzene rings is 3. The Morgan fingerprint density at radius 1 is 0.927 bits per heavy atom. The van der Waals surface area contributed by atoms with Gasteiger partial charge in [-0.1, -0.05) is 50.1 Å². The maximum Gasteiger partial charge on any atom is 0.261 e. The number of rotatable bonds is 10. The number of hydrogen-bond donors (Lipinski definition) is 3. The van der Waals surface area contributed by atoms with Gasteiger partial charge in [0, 0.05) is 27.7 Å². The van der Waals surface area contributed by atoms with Crippen LogP contribution in [0, 0.1) is 13.8 Å². The molecule has 0 fully saturated rings. The number of nitrogen functional groups attached to an aromatic ring is 1. The number of nitrogens with zero attached hydrogens (tertiary/aromatic N) is 1. The van der Waals surface area contributed by atoms with Crippen molar-refractivity contribution in [3.63, 3.8) is 0 Å². The first-order chi connectivity index (χ1) is 19.8.